The van der Waals surface area contributed by atoms with Crippen molar-refractivity contribution in [1.29, 1.82) is 0 Å². The van der Waals surface area contributed by atoms with Gasteiger partial charge in [-0.1, -0.05) is 28.1 Å². The number of halogens is 1. The Balaban J connectivity index is 2.11. The Bertz CT molecular complexity index is 943. The number of anilines is 1. The van der Waals surface area contributed by atoms with Crippen LogP contribution in [0.15, 0.2) is 70.0 Å². The lowest BCUT2D eigenvalue weighted by Crippen LogP contribution is -2.18. The molecule has 0 saturated carbocycles. The van der Waals surface area contributed by atoms with Gasteiger partial charge in [-0.2, -0.15) is 0 Å². The fourth-order valence-electron chi connectivity index (χ4n) is 2.94. The molecule has 1 aliphatic heterocycles. The maximum atomic E-state index is 13.0. The first-order valence-corrected chi connectivity index (χ1v) is 9.01. The van der Waals surface area contributed by atoms with Crippen molar-refractivity contribution >= 4 is 39.4 Å². The van der Waals surface area contributed by atoms with Crippen LogP contribution < -0.4 is 9.64 Å². The Morgan fingerprint density at radius 2 is 1.67 bits per heavy atom. The van der Waals surface area contributed by atoms with Crippen molar-refractivity contribution in [2.24, 2.45) is 0 Å². The van der Waals surface area contributed by atoms with Crippen LogP contribution in [0.4, 0.5) is 5.69 Å². The number of hydrogen-bond acceptors (Lipinski definition) is 5. The van der Waals surface area contributed by atoms with Crippen molar-refractivity contribution < 1.29 is 19.1 Å². The van der Waals surface area contributed by atoms with E-state index in [0.29, 0.717) is 11.4 Å². The summed E-state index contributed by atoms with van der Waals surface area (Å²) in [5.41, 5.74) is 2.57. The van der Waals surface area contributed by atoms with Crippen molar-refractivity contribution in [3.63, 3.8) is 0 Å². The standard InChI is InChI=1S/C21H18BrNO4/c1-13-19(21(25)27-3)20(24)18(12-14-4-10-17(26-2)11-5-14)23(13)16-8-6-15(22)7-9-16/h4-12H,1-3H3. The van der Waals surface area contributed by atoms with Gasteiger partial charge in [0.2, 0.25) is 5.78 Å². The number of rotatable bonds is 4. The quantitative estimate of drug-likeness (QED) is 0.412. The van der Waals surface area contributed by atoms with Crippen LogP contribution in [0.1, 0.15) is 12.5 Å². The van der Waals surface area contributed by atoms with Crippen molar-refractivity contribution in [2.45, 2.75) is 6.92 Å². The van der Waals surface area contributed by atoms with Gasteiger partial charge in [0.1, 0.15) is 11.3 Å². The lowest BCUT2D eigenvalue weighted by molar-refractivity contribution is -0.137. The number of allylic oxidation sites excluding steroid dienone is 2. The molecule has 0 radical (unpaired) electrons. The lowest BCUT2D eigenvalue weighted by atomic mass is 10.1. The molecule has 0 saturated heterocycles. The molecule has 0 spiro atoms. The Morgan fingerprint density at radius 1 is 1.04 bits per heavy atom. The number of ether oxygens (including phenoxy) is 2. The number of carbonyl (C=O) groups is 2. The highest BCUT2D eigenvalue weighted by molar-refractivity contribution is 9.10. The normalized spacial score (nSPS) is 15.5. The van der Waals surface area contributed by atoms with Gasteiger partial charge in [-0.15, -0.1) is 0 Å². The van der Waals surface area contributed by atoms with E-state index in [4.69, 9.17) is 9.47 Å². The number of benzene rings is 2. The fraction of sp³-hybridized carbons (Fsp3) is 0.143. The van der Waals surface area contributed by atoms with Crippen LogP contribution in [0.2, 0.25) is 0 Å². The molecule has 5 nitrogen and oxygen atoms in total. The summed E-state index contributed by atoms with van der Waals surface area (Å²) >= 11 is 3.41. The second-order valence-electron chi connectivity index (χ2n) is 5.90. The van der Waals surface area contributed by atoms with Crippen LogP contribution in [0, 0.1) is 0 Å². The third-order valence-corrected chi connectivity index (χ3v) is 4.82. The summed E-state index contributed by atoms with van der Waals surface area (Å²) in [5, 5.41) is 0. The van der Waals surface area contributed by atoms with E-state index in [9.17, 15) is 9.59 Å². The van der Waals surface area contributed by atoms with E-state index < -0.39 is 5.97 Å². The summed E-state index contributed by atoms with van der Waals surface area (Å²) in [5.74, 6) is -0.278. The van der Waals surface area contributed by atoms with E-state index >= 15 is 0 Å². The van der Waals surface area contributed by atoms with Gasteiger partial charge in [-0.05, 0) is 55.0 Å². The minimum Gasteiger partial charge on any atom is -0.497 e. The van der Waals surface area contributed by atoms with Crippen molar-refractivity contribution in [3.8, 4) is 5.75 Å². The highest BCUT2D eigenvalue weighted by Crippen LogP contribution is 2.36. The molecule has 1 aliphatic rings. The summed E-state index contributed by atoms with van der Waals surface area (Å²) in [7, 11) is 2.87. The van der Waals surface area contributed by atoms with Crippen molar-refractivity contribution in [2.75, 3.05) is 19.1 Å². The molecule has 0 bridgehead atoms. The van der Waals surface area contributed by atoms with E-state index in [1.54, 1.807) is 25.0 Å². The molecular weight excluding hydrogens is 410 g/mol. The number of ketones is 1. The van der Waals surface area contributed by atoms with Gasteiger partial charge >= 0.3 is 5.97 Å². The molecule has 0 atom stereocenters. The van der Waals surface area contributed by atoms with Crippen molar-refractivity contribution in [3.05, 3.63) is 75.5 Å². The predicted molar refractivity (Wildman–Crippen MR) is 107 cm³/mol. The zero-order valence-electron chi connectivity index (χ0n) is 15.2. The summed E-state index contributed by atoms with van der Waals surface area (Å²) in [6.07, 6.45) is 1.75. The molecule has 27 heavy (non-hydrogen) atoms. The lowest BCUT2D eigenvalue weighted by Gasteiger charge is -2.21. The molecule has 3 rings (SSSR count). The summed E-state index contributed by atoms with van der Waals surface area (Å²) in [6, 6.07) is 14.9. The summed E-state index contributed by atoms with van der Waals surface area (Å²) in [6.45, 7) is 1.74. The number of nitrogens with zero attached hydrogens (tertiary/aromatic N) is 1. The average Bonchev–Trinajstić information content (AvgIpc) is 2.92. The molecule has 2 aromatic carbocycles. The number of esters is 1. The number of carbonyl (C=O) groups excluding carboxylic acids is 2. The molecular formula is C21H18BrNO4. The molecule has 0 fully saturated rings. The summed E-state index contributed by atoms with van der Waals surface area (Å²) < 4.78 is 10.9. The number of Topliss-reactive ketones (excluding diaryl/α,β-unsaturated/α-hetero) is 1. The van der Waals surface area contributed by atoms with Gasteiger partial charge in [0.15, 0.2) is 0 Å². The summed E-state index contributed by atoms with van der Waals surface area (Å²) in [4.78, 5) is 26.9. The van der Waals surface area contributed by atoms with Gasteiger partial charge in [0.25, 0.3) is 0 Å². The Morgan fingerprint density at radius 3 is 2.22 bits per heavy atom. The van der Waals surface area contributed by atoms with Crippen LogP contribution in [0.5, 0.6) is 5.75 Å². The average molecular weight is 428 g/mol. The molecule has 2 aromatic rings. The zero-order valence-corrected chi connectivity index (χ0v) is 16.7. The highest BCUT2D eigenvalue weighted by Gasteiger charge is 2.38. The molecule has 0 N–H and O–H groups in total. The zero-order chi connectivity index (χ0) is 19.6. The smallest absolute Gasteiger partial charge is 0.343 e. The molecule has 0 aromatic heterocycles. The molecule has 0 amide bonds. The number of methoxy groups -OCH3 is 2. The third kappa shape index (κ3) is 3.66. The molecule has 6 heteroatoms. The second-order valence-corrected chi connectivity index (χ2v) is 6.81. The van der Waals surface area contributed by atoms with Crippen LogP contribution in [0.3, 0.4) is 0 Å². The third-order valence-electron chi connectivity index (χ3n) is 4.29. The molecule has 0 unspecified atom stereocenters. The molecule has 138 valence electrons. The first-order chi connectivity index (χ1) is 13.0. The predicted octanol–water partition coefficient (Wildman–Crippen LogP) is 4.33. The van der Waals surface area contributed by atoms with Gasteiger partial charge in [0, 0.05) is 15.9 Å². The SMILES string of the molecule is COC(=O)C1=C(C)N(c2ccc(Br)cc2)C(=Cc2ccc(OC)cc2)C1=O. The number of hydrogen-bond donors (Lipinski definition) is 0. The first kappa shape index (κ1) is 18.9. The minimum atomic E-state index is -0.641. The van der Waals surface area contributed by atoms with E-state index in [1.165, 1.54) is 7.11 Å². The van der Waals surface area contributed by atoms with Gasteiger partial charge in [0.05, 0.1) is 19.9 Å². The largest absolute Gasteiger partial charge is 0.497 e. The van der Waals surface area contributed by atoms with Crippen molar-refractivity contribution in [1.82, 2.24) is 0 Å². The Labute approximate surface area is 166 Å². The van der Waals surface area contributed by atoms with E-state index in [-0.39, 0.29) is 11.4 Å². The van der Waals surface area contributed by atoms with Crippen LogP contribution in [-0.2, 0) is 14.3 Å². The van der Waals surface area contributed by atoms with Gasteiger partial charge in [-0.25, -0.2) is 4.79 Å². The van der Waals surface area contributed by atoms with Crippen LogP contribution >= 0.6 is 15.9 Å². The van der Waals surface area contributed by atoms with E-state index in [1.807, 2.05) is 48.5 Å². The topological polar surface area (TPSA) is 55.8 Å². The Hall–Kier alpha value is -2.86. The fourth-order valence-corrected chi connectivity index (χ4v) is 3.20. The van der Waals surface area contributed by atoms with E-state index in [0.717, 1.165) is 21.5 Å². The molecule has 1 heterocycles. The van der Waals surface area contributed by atoms with Crippen LogP contribution in [-0.4, -0.2) is 26.0 Å². The maximum Gasteiger partial charge on any atom is 0.343 e. The van der Waals surface area contributed by atoms with Gasteiger partial charge in [-0.3, -0.25) is 4.79 Å². The van der Waals surface area contributed by atoms with Crippen LogP contribution in [0.25, 0.3) is 6.08 Å². The molecule has 0 aliphatic carbocycles. The first-order valence-electron chi connectivity index (χ1n) is 8.21. The van der Waals surface area contributed by atoms with E-state index in [2.05, 4.69) is 15.9 Å². The maximum absolute atomic E-state index is 13.0. The minimum absolute atomic E-state index is 0.0418. The van der Waals surface area contributed by atoms with Gasteiger partial charge < -0.3 is 14.4 Å². The second kappa shape index (κ2) is 7.80. The highest BCUT2D eigenvalue weighted by atomic mass is 79.9. The Kier molecular flexibility index (Phi) is 5.46. The monoisotopic (exact) mass is 427 g/mol.